The van der Waals surface area contributed by atoms with Gasteiger partial charge in [0, 0.05) is 11.7 Å². The van der Waals surface area contributed by atoms with E-state index in [2.05, 4.69) is 24.3 Å². The van der Waals surface area contributed by atoms with Gasteiger partial charge in [-0.25, -0.2) is 0 Å². The van der Waals surface area contributed by atoms with E-state index in [1.54, 1.807) is 0 Å². The van der Waals surface area contributed by atoms with E-state index in [9.17, 15) is 9.90 Å². The summed E-state index contributed by atoms with van der Waals surface area (Å²) in [6.07, 6.45) is 1.83. The fourth-order valence-corrected chi connectivity index (χ4v) is 3.07. The molecule has 0 spiro atoms. The number of anilines is 1. The number of hydrogen-bond donors (Lipinski definition) is 1. The Balaban J connectivity index is 1.87. The molecule has 3 heteroatoms. The summed E-state index contributed by atoms with van der Waals surface area (Å²) in [6.45, 7) is 2.08. The molecule has 0 heterocycles. The van der Waals surface area contributed by atoms with Crippen LogP contribution in [0.4, 0.5) is 5.69 Å². The lowest BCUT2D eigenvalue weighted by atomic mass is 10.1. The third-order valence-corrected chi connectivity index (χ3v) is 4.14. The van der Waals surface area contributed by atoms with E-state index in [4.69, 9.17) is 0 Å². The molecule has 0 radical (unpaired) electrons. The minimum atomic E-state index is -0.786. The van der Waals surface area contributed by atoms with Crippen LogP contribution in [-0.2, 0) is 17.6 Å². The van der Waals surface area contributed by atoms with E-state index in [-0.39, 0.29) is 12.6 Å². The van der Waals surface area contributed by atoms with Gasteiger partial charge in [0.1, 0.15) is 6.54 Å². The van der Waals surface area contributed by atoms with Crippen LogP contribution in [0.2, 0.25) is 0 Å². The highest BCUT2D eigenvalue weighted by molar-refractivity contribution is 5.74. The highest BCUT2D eigenvalue weighted by Crippen LogP contribution is 2.29. The third-order valence-electron chi connectivity index (χ3n) is 4.14. The molecule has 2 aromatic rings. The normalized spacial score (nSPS) is 14.0. The molecule has 0 saturated heterocycles. The van der Waals surface area contributed by atoms with Crippen molar-refractivity contribution in [1.82, 2.24) is 0 Å². The molecule has 1 N–H and O–H groups in total. The lowest BCUT2D eigenvalue weighted by molar-refractivity contribution is -0.135. The number of aryl methyl sites for hydroxylation is 1. The zero-order valence-electron chi connectivity index (χ0n) is 12.1. The van der Waals surface area contributed by atoms with Gasteiger partial charge in [0.15, 0.2) is 0 Å². The molecule has 1 aliphatic carbocycles. The number of carboxylic acids is 1. The van der Waals surface area contributed by atoms with Crippen LogP contribution in [0.3, 0.4) is 0 Å². The minimum Gasteiger partial charge on any atom is -0.480 e. The van der Waals surface area contributed by atoms with E-state index >= 15 is 0 Å². The van der Waals surface area contributed by atoms with Gasteiger partial charge >= 0.3 is 5.97 Å². The van der Waals surface area contributed by atoms with Crippen LogP contribution in [0, 0.1) is 6.92 Å². The summed E-state index contributed by atoms with van der Waals surface area (Å²) in [5.41, 5.74) is 4.85. The Kier molecular flexibility index (Phi) is 3.65. The number of hydrogen-bond acceptors (Lipinski definition) is 2. The van der Waals surface area contributed by atoms with Gasteiger partial charge in [-0.2, -0.15) is 0 Å². The van der Waals surface area contributed by atoms with Gasteiger partial charge in [-0.05, 0) is 43.0 Å². The topological polar surface area (TPSA) is 40.5 Å². The summed E-state index contributed by atoms with van der Waals surface area (Å²) in [6, 6.07) is 16.7. The molecule has 2 aromatic carbocycles. The molecule has 3 rings (SSSR count). The van der Waals surface area contributed by atoms with Gasteiger partial charge < -0.3 is 10.0 Å². The molecule has 0 amide bonds. The first-order valence-electron chi connectivity index (χ1n) is 7.25. The average Bonchev–Trinajstić information content (AvgIpc) is 2.89. The van der Waals surface area contributed by atoms with E-state index < -0.39 is 5.97 Å². The molecule has 0 unspecified atom stereocenters. The molecule has 0 atom stereocenters. The maximum Gasteiger partial charge on any atom is 0.323 e. The zero-order valence-corrected chi connectivity index (χ0v) is 12.1. The maximum atomic E-state index is 11.2. The predicted molar refractivity (Wildman–Crippen MR) is 83.8 cm³/mol. The summed E-state index contributed by atoms with van der Waals surface area (Å²) in [5, 5.41) is 9.24. The van der Waals surface area contributed by atoms with Crippen molar-refractivity contribution < 1.29 is 9.90 Å². The standard InChI is InChI=1S/C18H19NO2/c1-13-6-8-16(9-7-13)19(12-18(20)21)17-10-14-4-2-3-5-15(14)11-17/h2-9,17H,10-12H2,1H3,(H,20,21). The van der Waals surface area contributed by atoms with Crippen molar-refractivity contribution in [3.8, 4) is 0 Å². The van der Waals surface area contributed by atoms with Crippen molar-refractivity contribution in [2.45, 2.75) is 25.8 Å². The molecule has 108 valence electrons. The molecule has 0 bridgehead atoms. The van der Waals surface area contributed by atoms with E-state index in [1.165, 1.54) is 16.7 Å². The van der Waals surface area contributed by atoms with Gasteiger partial charge in [-0.3, -0.25) is 4.79 Å². The molecule has 3 nitrogen and oxygen atoms in total. The summed E-state index contributed by atoms with van der Waals surface area (Å²) < 4.78 is 0. The zero-order chi connectivity index (χ0) is 14.8. The molecule has 0 aromatic heterocycles. The Bertz CT molecular complexity index is 624. The number of carboxylic acid groups (broad SMARTS) is 1. The van der Waals surface area contributed by atoms with Gasteiger partial charge in [0.2, 0.25) is 0 Å². The van der Waals surface area contributed by atoms with Crippen LogP contribution in [0.1, 0.15) is 16.7 Å². The van der Waals surface area contributed by atoms with Crippen molar-refractivity contribution in [1.29, 1.82) is 0 Å². The van der Waals surface area contributed by atoms with Gasteiger partial charge in [-0.15, -0.1) is 0 Å². The molecule has 1 aliphatic rings. The second kappa shape index (κ2) is 5.60. The van der Waals surface area contributed by atoms with Crippen molar-refractivity contribution in [3.05, 3.63) is 65.2 Å². The quantitative estimate of drug-likeness (QED) is 0.936. The van der Waals surface area contributed by atoms with Crippen LogP contribution in [0.25, 0.3) is 0 Å². The highest BCUT2D eigenvalue weighted by atomic mass is 16.4. The van der Waals surface area contributed by atoms with Crippen LogP contribution >= 0.6 is 0 Å². The molecule has 21 heavy (non-hydrogen) atoms. The fraction of sp³-hybridized carbons (Fsp3) is 0.278. The summed E-state index contributed by atoms with van der Waals surface area (Å²) in [7, 11) is 0. The first-order chi connectivity index (χ1) is 10.1. The Morgan fingerprint density at radius 1 is 1.10 bits per heavy atom. The lowest BCUT2D eigenvalue weighted by Crippen LogP contribution is -2.39. The van der Waals surface area contributed by atoms with Crippen LogP contribution < -0.4 is 4.90 Å². The van der Waals surface area contributed by atoms with E-state index in [1.807, 2.05) is 36.1 Å². The van der Waals surface area contributed by atoms with Crippen molar-refractivity contribution in [2.24, 2.45) is 0 Å². The van der Waals surface area contributed by atoms with E-state index in [0.29, 0.717) is 0 Å². The molecular weight excluding hydrogens is 262 g/mol. The summed E-state index contributed by atoms with van der Waals surface area (Å²) in [4.78, 5) is 13.3. The summed E-state index contributed by atoms with van der Waals surface area (Å²) in [5.74, 6) is -0.786. The average molecular weight is 281 g/mol. The van der Waals surface area contributed by atoms with Gasteiger partial charge in [0.25, 0.3) is 0 Å². The third kappa shape index (κ3) is 2.92. The lowest BCUT2D eigenvalue weighted by Gasteiger charge is -2.29. The first-order valence-corrected chi connectivity index (χ1v) is 7.25. The number of rotatable bonds is 4. The number of benzene rings is 2. The fourth-order valence-electron chi connectivity index (χ4n) is 3.07. The summed E-state index contributed by atoms with van der Waals surface area (Å²) >= 11 is 0. The maximum absolute atomic E-state index is 11.2. The smallest absolute Gasteiger partial charge is 0.323 e. The first kappa shape index (κ1) is 13.7. The van der Waals surface area contributed by atoms with Gasteiger partial charge in [-0.1, -0.05) is 42.0 Å². The van der Waals surface area contributed by atoms with Crippen LogP contribution in [-0.4, -0.2) is 23.7 Å². The molecule has 0 saturated carbocycles. The van der Waals surface area contributed by atoms with Crippen molar-refractivity contribution in [2.75, 3.05) is 11.4 Å². The van der Waals surface area contributed by atoms with Crippen molar-refractivity contribution >= 4 is 11.7 Å². The van der Waals surface area contributed by atoms with Crippen molar-refractivity contribution in [3.63, 3.8) is 0 Å². The van der Waals surface area contributed by atoms with Crippen LogP contribution in [0.5, 0.6) is 0 Å². The largest absolute Gasteiger partial charge is 0.480 e. The molecule has 0 aliphatic heterocycles. The number of carbonyl (C=O) groups is 1. The second-order valence-electron chi connectivity index (χ2n) is 5.69. The Morgan fingerprint density at radius 3 is 2.19 bits per heavy atom. The second-order valence-corrected chi connectivity index (χ2v) is 5.69. The Hall–Kier alpha value is -2.29. The Labute approximate surface area is 124 Å². The number of fused-ring (bicyclic) bond motifs is 1. The number of aliphatic carboxylic acids is 1. The minimum absolute atomic E-state index is 0.0434. The van der Waals surface area contributed by atoms with E-state index in [0.717, 1.165) is 18.5 Å². The van der Waals surface area contributed by atoms with Gasteiger partial charge in [0.05, 0.1) is 0 Å². The Morgan fingerprint density at radius 2 is 1.67 bits per heavy atom. The molecule has 0 fully saturated rings. The van der Waals surface area contributed by atoms with Crippen LogP contribution in [0.15, 0.2) is 48.5 Å². The monoisotopic (exact) mass is 281 g/mol. The molecular formula is C18H19NO2. The number of nitrogens with zero attached hydrogens (tertiary/aromatic N) is 1. The predicted octanol–water partition coefficient (Wildman–Crippen LogP) is 3.05. The highest BCUT2D eigenvalue weighted by Gasteiger charge is 2.28. The SMILES string of the molecule is Cc1ccc(N(CC(=O)O)C2Cc3ccccc3C2)cc1.